The minimum atomic E-state index is -0.343. The molecule has 1 amide bonds. The molecule has 112 valence electrons. The van der Waals surface area contributed by atoms with E-state index in [1.54, 1.807) is 0 Å². The van der Waals surface area contributed by atoms with E-state index in [2.05, 4.69) is 11.4 Å². The van der Waals surface area contributed by atoms with Crippen molar-refractivity contribution in [3.05, 3.63) is 44.7 Å². The van der Waals surface area contributed by atoms with Crippen LogP contribution in [0.15, 0.2) is 23.1 Å². The number of hydrogen-bond acceptors (Lipinski definition) is 5. The van der Waals surface area contributed by atoms with Crippen molar-refractivity contribution in [3.63, 3.8) is 0 Å². The molecule has 0 bridgehead atoms. The molecule has 0 aromatic carbocycles. The second-order valence-electron chi connectivity index (χ2n) is 5.15. The van der Waals surface area contributed by atoms with Crippen LogP contribution in [0.25, 0.3) is 0 Å². The first-order valence-corrected chi connectivity index (χ1v) is 7.70. The van der Waals surface area contributed by atoms with Gasteiger partial charge < -0.3 is 15.6 Å². The Balaban J connectivity index is 1.79. The fourth-order valence-corrected chi connectivity index (χ4v) is 3.86. The van der Waals surface area contributed by atoms with E-state index in [0.717, 1.165) is 24.8 Å². The number of nitrogen functional groups attached to an aromatic ring is 1. The van der Waals surface area contributed by atoms with Gasteiger partial charge in [0.1, 0.15) is 17.6 Å². The molecule has 1 aliphatic carbocycles. The number of carbonyl (C=O) groups is 1. The summed E-state index contributed by atoms with van der Waals surface area (Å²) in [5.41, 5.74) is 7.36. The Bertz CT molecular complexity index is 844. The molecule has 0 atom stereocenters. The van der Waals surface area contributed by atoms with Crippen molar-refractivity contribution in [1.29, 1.82) is 5.26 Å². The lowest BCUT2D eigenvalue weighted by atomic mass is 10.1. The van der Waals surface area contributed by atoms with Crippen molar-refractivity contribution in [2.75, 3.05) is 11.1 Å². The molecule has 3 rings (SSSR count). The van der Waals surface area contributed by atoms with Crippen LogP contribution in [0.5, 0.6) is 0 Å². The monoisotopic (exact) mass is 314 g/mol. The van der Waals surface area contributed by atoms with Crippen LogP contribution in [0.4, 0.5) is 10.7 Å². The number of thiophene rings is 1. The van der Waals surface area contributed by atoms with E-state index in [4.69, 9.17) is 5.73 Å². The predicted molar refractivity (Wildman–Crippen MR) is 84.8 cm³/mol. The highest BCUT2D eigenvalue weighted by Gasteiger charge is 2.23. The molecule has 1 aliphatic rings. The van der Waals surface area contributed by atoms with Gasteiger partial charge in [-0.15, -0.1) is 11.3 Å². The molecular weight excluding hydrogens is 300 g/mol. The Morgan fingerprint density at radius 1 is 1.45 bits per heavy atom. The molecule has 0 spiro atoms. The molecule has 2 aromatic heterocycles. The smallest absolute Gasteiger partial charge is 0.251 e. The second kappa shape index (κ2) is 5.66. The topological polar surface area (TPSA) is 101 Å². The summed E-state index contributed by atoms with van der Waals surface area (Å²) in [5, 5.41) is 12.6. The number of hydrogen-bond donors (Lipinski definition) is 2. The van der Waals surface area contributed by atoms with E-state index in [0.29, 0.717) is 16.3 Å². The molecule has 3 N–H and O–H groups in total. The van der Waals surface area contributed by atoms with Gasteiger partial charge in [0, 0.05) is 22.8 Å². The third-order valence-corrected chi connectivity index (χ3v) is 4.81. The number of carbonyl (C=O) groups excluding carboxylic acids is 1. The van der Waals surface area contributed by atoms with Crippen molar-refractivity contribution in [3.8, 4) is 6.07 Å². The number of pyridine rings is 1. The minimum absolute atomic E-state index is 0.128. The number of rotatable bonds is 3. The molecule has 0 radical (unpaired) electrons. The van der Waals surface area contributed by atoms with Crippen molar-refractivity contribution < 1.29 is 4.79 Å². The number of nitrogens with two attached hydrogens (primary N) is 1. The van der Waals surface area contributed by atoms with Crippen LogP contribution < -0.4 is 16.6 Å². The first-order valence-electron chi connectivity index (χ1n) is 6.89. The van der Waals surface area contributed by atoms with Crippen molar-refractivity contribution in [2.24, 2.45) is 0 Å². The molecule has 0 saturated carbocycles. The maximum absolute atomic E-state index is 12.1. The summed E-state index contributed by atoms with van der Waals surface area (Å²) in [6, 6.07) is 4.99. The summed E-state index contributed by atoms with van der Waals surface area (Å²) in [6.07, 6.45) is 4.34. The molecule has 0 fully saturated rings. The summed E-state index contributed by atoms with van der Waals surface area (Å²) in [7, 11) is 0. The van der Waals surface area contributed by atoms with Gasteiger partial charge in [-0.05, 0) is 30.9 Å². The Labute approximate surface area is 130 Å². The summed E-state index contributed by atoms with van der Waals surface area (Å²) in [4.78, 5) is 25.0. The normalized spacial score (nSPS) is 12.7. The first-order chi connectivity index (χ1) is 10.6. The van der Waals surface area contributed by atoms with Crippen LogP contribution in [0.1, 0.15) is 22.4 Å². The quantitative estimate of drug-likeness (QED) is 0.896. The predicted octanol–water partition coefficient (Wildman–Crippen LogP) is 1.49. The largest absolute Gasteiger partial charge is 0.398 e. The molecule has 2 aromatic rings. The van der Waals surface area contributed by atoms with Crippen LogP contribution in [-0.4, -0.2) is 10.5 Å². The fourth-order valence-electron chi connectivity index (χ4n) is 2.60. The number of aromatic nitrogens is 1. The average molecular weight is 314 g/mol. The van der Waals surface area contributed by atoms with E-state index in [1.165, 1.54) is 39.1 Å². The highest BCUT2D eigenvalue weighted by atomic mass is 32.1. The molecule has 6 nitrogen and oxygen atoms in total. The number of nitriles is 1. The van der Waals surface area contributed by atoms with E-state index >= 15 is 0 Å². The van der Waals surface area contributed by atoms with E-state index in [-0.39, 0.29) is 18.0 Å². The Kier molecular flexibility index (Phi) is 3.69. The first kappa shape index (κ1) is 14.4. The number of nitrogens with zero attached hydrogens (tertiary/aromatic N) is 2. The van der Waals surface area contributed by atoms with Crippen LogP contribution in [0.3, 0.4) is 0 Å². The molecule has 7 heteroatoms. The Morgan fingerprint density at radius 3 is 3.05 bits per heavy atom. The van der Waals surface area contributed by atoms with Crippen LogP contribution in [-0.2, 0) is 24.2 Å². The number of aryl methyl sites for hydroxylation is 1. The zero-order chi connectivity index (χ0) is 15.7. The zero-order valence-corrected chi connectivity index (χ0v) is 12.6. The van der Waals surface area contributed by atoms with E-state index in [9.17, 15) is 14.9 Å². The van der Waals surface area contributed by atoms with Crippen LogP contribution >= 0.6 is 11.3 Å². The Hall–Kier alpha value is -2.59. The van der Waals surface area contributed by atoms with Gasteiger partial charge in [-0.2, -0.15) is 5.26 Å². The lowest BCUT2D eigenvalue weighted by molar-refractivity contribution is -0.116. The molecule has 2 heterocycles. The summed E-state index contributed by atoms with van der Waals surface area (Å²) in [6.45, 7) is -0.128. The van der Waals surface area contributed by atoms with E-state index in [1.807, 2.05) is 0 Å². The van der Waals surface area contributed by atoms with Crippen molar-refractivity contribution in [2.45, 2.75) is 25.8 Å². The third kappa shape index (κ3) is 2.61. The summed E-state index contributed by atoms with van der Waals surface area (Å²) < 4.78 is 1.25. The van der Waals surface area contributed by atoms with Gasteiger partial charge in [-0.25, -0.2) is 0 Å². The standard InChI is InChI=1S/C15H14N4O2S/c16-6-11-10-2-1-3-12(10)22-15(11)18-13(20)8-19-7-9(17)4-5-14(19)21/h4-5,7H,1-3,8,17H2,(H,18,20). The fraction of sp³-hybridized carbons (Fsp3) is 0.267. The van der Waals surface area contributed by atoms with Crippen molar-refractivity contribution in [1.82, 2.24) is 4.57 Å². The van der Waals surface area contributed by atoms with Crippen LogP contribution in [0, 0.1) is 11.3 Å². The molecule has 0 saturated heterocycles. The highest BCUT2D eigenvalue weighted by molar-refractivity contribution is 7.16. The van der Waals surface area contributed by atoms with Crippen LogP contribution in [0.2, 0.25) is 0 Å². The third-order valence-electron chi connectivity index (χ3n) is 3.61. The van der Waals surface area contributed by atoms with Gasteiger partial charge in [-0.3, -0.25) is 9.59 Å². The highest BCUT2D eigenvalue weighted by Crippen LogP contribution is 2.38. The SMILES string of the molecule is N#Cc1c(NC(=O)Cn2cc(N)ccc2=O)sc2c1CCC2. The molecular formula is C15H14N4O2S. The van der Waals surface area contributed by atoms with E-state index < -0.39 is 0 Å². The maximum atomic E-state index is 12.1. The lowest BCUT2D eigenvalue weighted by Gasteiger charge is -2.07. The molecule has 0 aliphatic heterocycles. The number of fused-ring (bicyclic) bond motifs is 1. The van der Waals surface area contributed by atoms with Gasteiger partial charge >= 0.3 is 0 Å². The Morgan fingerprint density at radius 2 is 2.27 bits per heavy atom. The van der Waals surface area contributed by atoms with Gasteiger partial charge in [0.05, 0.1) is 5.56 Å². The molecule has 22 heavy (non-hydrogen) atoms. The molecule has 0 unspecified atom stereocenters. The number of amides is 1. The van der Waals surface area contributed by atoms with Gasteiger partial charge in [0.2, 0.25) is 5.91 Å². The number of nitrogens with one attached hydrogen (secondary N) is 1. The average Bonchev–Trinajstić information content (AvgIpc) is 3.03. The van der Waals surface area contributed by atoms with Crippen molar-refractivity contribution >= 4 is 27.9 Å². The zero-order valence-electron chi connectivity index (χ0n) is 11.8. The van der Waals surface area contributed by atoms with Gasteiger partial charge in [0.15, 0.2) is 0 Å². The maximum Gasteiger partial charge on any atom is 0.251 e. The minimum Gasteiger partial charge on any atom is -0.398 e. The number of anilines is 2. The summed E-state index contributed by atoms with van der Waals surface area (Å²) in [5.74, 6) is -0.343. The van der Waals surface area contributed by atoms with Gasteiger partial charge in [-0.1, -0.05) is 0 Å². The second-order valence-corrected chi connectivity index (χ2v) is 6.26. The lowest BCUT2D eigenvalue weighted by Crippen LogP contribution is -2.27. The van der Waals surface area contributed by atoms with Gasteiger partial charge in [0.25, 0.3) is 5.56 Å². The summed E-state index contributed by atoms with van der Waals surface area (Å²) >= 11 is 1.45.